The zero-order chi connectivity index (χ0) is 28.4. The standard InChI is InChI=1S/C33H42N4O2S/c1-4-6-22-36(25-28-20-18-27(19-21-28)24-34-40(3,38)39)26-31-32(29-14-10-8-11-15-29)35-33(37(31)23-7-5-2)30-16-12-9-13-17-30/h8-21,34H,4-7,22-26H2,1-3H3. The minimum absolute atomic E-state index is 0.304. The van der Waals surface area contributed by atoms with Crippen LogP contribution in [0.25, 0.3) is 22.6 Å². The maximum Gasteiger partial charge on any atom is 0.209 e. The van der Waals surface area contributed by atoms with Crippen LogP contribution in [0.4, 0.5) is 0 Å². The van der Waals surface area contributed by atoms with Crippen molar-refractivity contribution in [3.63, 3.8) is 0 Å². The Bertz CT molecular complexity index is 1430. The summed E-state index contributed by atoms with van der Waals surface area (Å²) in [7, 11) is -3.22. The molecule has 1 heterocycles. The second kappa shape index (κ2) is 14.4. The van der Waals surface area contributed by atoms with Gasteiger partial charge in [0.05, 0.1) is 17.6 Å². The highest BCUT2D eigenvalue weighted by Gasteiger charge is 2.21. The van der Waals surface area contributed by atoms with Crippen molar-refractivity contribution in [3.8, 4) is 22.6 Å². The van der Waals surface area contributed by atoms with Gasteiger partial charge in [-0.15, -0.1) is 0 Å². The first-order chi connectivity index (χ1) is 19.4. The molecule has 0 unspecified atom stereocenters. The van der Waals surface area contributed by atoms with Crippen LogP contribution in [0.15, 0.2) is 84.9 Å². The summed E-state index contributed by atoms with van der Waals surface area (Å²) in [6, 6.07) is 29.3. The van der Waals surface area contributed by atoms with Crippen molar-refractivity contribution in [1.82, 2.24) is 19.2 Å². The van der Waals surface area contributed by atoms with Gasteiger partial charge >= 0.3 is 0 Å². The van der Waals surface area contributed by atoms with Gasteiger partial charge in [0.1, 0.15) is 5.82 Å². The van der Waals surface area contributed by atoms with Crippen LogP contribution in [-0.4, -0.2) is 35.7 Å². The Morgan fingerprint density at radius 1 is 0.775 bits per heavy atom. The highest BCUT2D eigenvalue weighted by Crippen LogP contribution is 2.31. The van der Waals surface area contributed by atoms with Crippen molar-refractivity contribution in [2.45, 2.75) is 65.7 Å². The third-order valence-electron chi connectivity index (χ3n) is 7.06. The van der Waals surface area contributed by atoms with Gasteiger partial charge in [-0.05, 0) is 30.5 Å². The molecule has 3 aromatic carbocycles. The fraction of sp³-hybridized carbons (Fsp3) is 0.364. The Labute approximate surface area is 240 Å². The number of rotatable bonds is 15. The molecule has 212 valence electrons. The zero-order valence-electron chi connectivity index (χ0n) is 24.0. The number of imidazole rings is 1. The molecular formula is C33H42N4O2S. The van der Waals surface area contributed by atoms with Crippen LogP contribution in [0, 0.1) is 0 Å². The minimum atomic E-state index is -3.22. The van der Waals surface area contributed by atoms with E-state index in [2.05, 4.69) is 101 Å². The maximum atomic E-state index is 11.5. The maximum absolute atomic E-state index is 11.5. The van der Waals surface area contributed by atoms with Gasteiger partial charge in [-0.1, -0.05) is 112 Å². The van der Waals surface area contributed by atoms with Gasteiger partial charge in [-0.3, -0.25) is 4.90 Å². The molecule has 0 atom stereocenters. The molecule has 0 fully saturated rings. The third kappa shape index (κ3) is 8.37. The summed E-state index contributed by atoms with van der Waals surface area (Å²) in [5.74, 6) is 1.03. The lowest BCUT2D eigenvalue weighted by atomic mass is 10.1. The van der Waals surface area contributed by atoms with Gasteiger partial charge in [0.25, 0.3) is 0 Å². The van der Waals surface area contributed by atoms with E-state index in [1.165, 1.54) is 17.5 Å². The molecule has 6 nitrogen and oxygen atoms in total. The average Bonchev–Trinajstić information content (AvgIpc) is 3.32. The van der Waals surface area contributed by atoms with Crippen LogP contribution >= 0.6 is 0 Å². The molecule has 0 aliphatic carbocycles. The van der Waals surface area contributed by atoms with E-state index in [0.29, 0.717) is 6.54 Å². The molecule has 0 bridgehead atoms. The van der Waals surface area contributed by atoms with Crippen molar-refractivity contribution in [2.75, 3.05) is 12.8 Å². The lowest BCUT2D eigenvalue weighted by Crippen LogP contribution is -2.26. The second-order valence-electron chi connectivity index (χ2n) is 10.4. The Morgan fingerprint density at radius 3 is 1.98 bits per heavy atom. The lowest BCUT2D eigenvalue weighted by Gasteiger charge is -2.24. The molecule has 0 spiro atoms. The molecule has 40 heavy (non-hydrogen) atoms. The molecular weight excluding hydrogens is 516 g/mol. The van der Waals surface area contributed by atoms with Crippen LogP contribution in [-0.2, 0) is 36.2 Å². The average molecular weight is 559 g/mol. The van der Waals surface area contributed by atoms with Crippen molar-refractivity contribution >= 4 is 10.0 Å². The van der Waals surface area contributed by atoms with E-state index in [0.717, 1.165) is 80.1 Å². The summed E-state index contributed by atoms with van der Waals surface area (Å²) in [6.45, 7) is 8.30. The fourth-order valence-electron chi connectivity index (χ4n) is 4.88. The van der Waals surface area contributed by atoms with E-state index in [1.54, 1.807) is 0 Å². The van der Waals surface area contributed by atoms with Gasteiger partial charge in [-0.2, -0.15) is 0 Å². The highest BCUT2D eigenvalue weighted by atomic mass is 32.2. The Hall–Kier alpha value is -3.26. The third-order valence-corrected chi connectivity index (χ3v) is 7.72. The molecule has 0 aliphatic rings. The van der Waals surface area contributed by atoms with Gasteiger partial charge in [0.2, 0.25) is 10.0 Å². The molecule has 0 radical (unpaired) electrons. The molecule has 0 saturated carbocycles. The molecule has 7 heteroatoms. The van der Waals surface area contributed by atoms with Crippen molar-refractivity contribution in [2.24, 2.45) is 0 Å². The van der Waals surface area contributed by atoms with Crippen molar-refractivity contribution in [1.29, 1.82) is 0 Å². The van der Waals surface area contributed by atoms with E-state index in [9.17, 15) is 8.42 Å². The summed E-state index contributed by atoms with van der Waals surface area (Å²) in [5.41, 5.74) is 6.75. The Balaban J connectivity index is 1.69. The van der Waals surface area contributed by atoms with E-state index in [4.69, 9.17) is 4.98 Å². The largest absolute Gasteiger partial charge is 0.326 e. The number of hydrogen-bond acceptors (Lipinski definition) is 4. The normalized spacial score (nSPS) is 11.8. The number of unbranched alkanes of at least 4 members (excludes halogenated alkanes) is 2. The Morgan fingerprint density at radius 2 is 1.38 bits per heavy atom. The SMILES string of the molecule is CCCCN(Cc1ccc(CNS(C)(=O)=O)cc1)Cc1c(-c2ccccc2)nc(-c2ccccc2)n1CCCC. The zero-order valence-corrected chi connectivity index (χ0v) is 24.8. The molecule has 0 aliphatic heterocycles. The van der Waals surface area contributed by atoms with E-state index in [-0.39, 0.29) is 0 Å². The van der Waals surface area contributed by atoms with Crippen LogP contribution in [0.5, 0.6) is 0 Å². The van der Waals surface area contributed by atoms with Crippen LogP contribution in [0.3, 0.4) is 0 Å². The van der Waals surface area contributed by atoms with E-state index >= 15 is 0 Å². The lowest BCUT2D eigenvalue weighted by molar-refractivity contribution is 0.246. The minimum Gasteiger partial charge on any atom is -0.326 e. The number of nitrogens with zero attached hydrogens (tertiary/aromatic N) is 3. The predicted octanol–water partition coefficient (Wildman–Crippen LogP) is 6.87. The summed E-state index contributed by atoms with van der Waals surface area (Å²) >= 11 is 0. The smallest absolute Gasteiger partial charge is 0.209 e. The Kier molecular flexibility index (Phi) is 10.7. The highest BCUT2D eigenvalue weighted by molar-refractivity contribution is 7.88. The van der Waals surface area contributed by atoms with Gasteiger partial charge < -0.3 is 4.57 Å². The fourth-order valence-corrected chi connectivity index (χ4v) is 5.31. The number of nitrogens with one attached hydrogen (secondary N) is 1. The summed E-state index contributed by atoms with van der Waals surface area (Å²) < 4.78 is 28.0. The van der Waals surface area contributed by atoms with Crippen molar-refractivity contribution in [3.05, 3.63) is 102 Å². The second-order valence-corrected chi connectivity index (χ2v) is 12.3. The first-order valence-electron chi connectivity index (χ1n) is 14.3. The summed E-state index contributed by atoms with van der Waals surface area (Å²) in [5, 5.41) is 0. The van der Waals surface area contributed by atoms with E-state index < -0.39 is 10.0 Å². The predicted molar refractivity (Wildman–Crippen MR) is 165 cm³/mol. The van der Waals surface area contributed by atoms with Crippen LogP contribution < -0.4 is 4.72 Å². The molecule has 1 N–H and O–H groups in total. The quantitative estimate of drug-likeness (QED) is 0.173. The summed E-state index contributed by atoms with van der Waals surface area (Å²) in [4.78, 5) is 7.80. The summed E-state index contributed by atoms with van der Waals surface area (Å²) in [6.07, 6.45) is 5.64. The molecule has 1 aromatic heterocycles. The van der Waals surface area contributed by atoms with Gasteiger partial charge in [0.15, 0.2) is 0 Å². The first-order valence-corrected chi connectivity index (χ1v) is 16.2. The van der Waals surface area contributed by atoms with Crippen LogP contribution in [0.2, 0.25) is 0 Å². The van der Waals surface area contributed by atoms with Gasteiger partial charge in [0, 0.05) is 37.3 Å². The molecule has 4 aromatic rings. The molecule has 0 saturated heterocycles. The monoisotopic (exact) mass is 558 g/mol. The topological polar surface area (TPSA) is 67.2 Å². The number of benzene rings is 3. The van der Waals surface area contributed by atoms with E-state index in [1.807, 2.05) is 12.1 Å². The number of aromatic nitrogens is 2. The van der Waals surface area contributed by atoms with Gasteiger partial charge in [-0.25, -0.2) is 18.1 Å². The molecule has 0 amide bonds. The number of hydrogen-bond donors (Lipinski definition) is 1. The first kappa shape index (κ1) is 29.7. The van der Waals surface area contributed by atoms with Crippen molar-refractivity contribution < 1.29 is 8.42 Å². The molecule has 4 rings (SSSR count). The number of sulfonamides is 1. The van der Waals surface area contributed by atoms with Crippen LogP contribution in [0.1, 0.15) is 56.4 Å².